The molecule has 0 N–H and O–H groups in total. The van der Waals surface area contributed by atoms with E-state index in [1.54, 1.807) is 4.90 Å². The Bertz CT molecular complexity index is 698. The summed E-state index contributed by atoms with van der Waals surface area (Å²) >= 11 is 11.9. The van der Waals surface area contributed by atoms with Crippen LogP contribution in [0.5, 0.6) is 0 Å². The summed E-state index contributed by atoms with van der Waals surface area (Å²) in [6, 6.07) is 12.2. The first kappa shape index (κ1) is 13.7. The number of benzene rings is 2. The van der Waals surface area contributed by atoms with Gasteiger partial charge in [-0.05, 0) is 24.3 Å². The lowest BCUT2D eigenvalue weighted by molar-refractivity contribution is -0.122. The number of carbonyl (C=O) groups excluding carboxylic acids is 1. The van der Waals surface area contributed by atoms with Crippen molar-refractivity contribution < 1.29 is 4.79 Å². The Morgan fingerprint density at radius 2 is 1.90 bits per heavy atom. The number of hydrogen-bond acceptors (Lipinski definition) is 1. The number of rotatable bonds is 2. The van der Waals surface area contributed by atoms with E-state index in [4.69, 9.17) is 23.2 Å². The van der Waals surface area contributed by atoms with E-state index < -0.39 is 10.3 Å². The molecule has 2 aromatic rings. The first-order chi connectivity index (χ1) is 9.45. The summed E-state index contributed by atoms with van der Waals surface area (Å²) in [5.41, 5.74) is 1.34. The molecule has 1 amide bonds. The fourth-order valence-corrected chi connectivity index (χ4v) is 3.77. The highest BCUT2D eigenvalue weighted by Gasteiger charge is 2.47. The highest BCUT2D eigenvalue weighted by atomic mass is 35.5. The third kappa shape index (κ3) is 1.82. The van der Waals surface area contributed by atoms with Crippen molar-refractivity contribution >= 4 is 45.6 Å². The molecule has 1 aliphatic rings. The number of likely N-dealkylation sites (N-methyl/N-ethyl adjacent to an activating group) is 1. The highest BCUT2D eigenvalue weighted by Crippen LogP contribution is 2.47. The zero-order valence-electron chi connectivity index (χ0n) is 11.4. The number of hydrogen-bond donors (Lipinski definition) is 0. The van der Waals surface area contributed by atoms with Gasteiger partial charge in [0.2, 0.25) is 5.91 Å². The topological polar surface area (TPSA) is 20.3 Å². The largest absolute Gasteiger partial charge is 0.314 e. The van der Waals surface area contributed by atoms with Crippen LogP contribution in [0.15, 0.2) is 36.4 Å². The van der Waals surface area contributed by atoms with E-state index in [2.05, 4.69) is 12.1 Å². The first-order valence-electron chi connectivity index (χ1n) is 6.53. The Morgan fingerprint density at radius 1 is 1.20 bits per heavy atom. The van der Waals surface area contributed by atoms with Crippen molar-refractivity contribution in [1.82, 2.24) is 0 Å². The van der Waals surface area contributed by atoms with E-state index in [9.17, 15) is 4.79 Å². The number of anilines is 1. The van der Waals surface area contributed by atoms with E-state index in [1.807, 2.05) is 38.2 Å². The van der Waals surface area contributed by atoms with Gasteiger partial charge in [0.25, 0.3) is 0 Å². The summed E-state index contributed by atoms with van der Waals surface area (Å²) in [5.74, 6) is 0.0511. The second-order valence-corrected chi connectivity index (χ2v) is 6.75. The standard InChI is InChI=1S/C16H15Cl2NO/c1-16(9-13(17)18)12-8-7-10-5-3-4-6-11(10)14(12)19(2)15(16)20/h3-8,13H,9H2,1-2H3. The lowest BCUT2D eigenvalue weighted by Crippen LogP contribution is -2.37. The molecule has 0 saturated heterocycles. The molecule has 2 aromatic carbocycles. The molecule has 4 heteroatoms. The Labute approximate surface area is 128 Å². The molecule has 0 fully saturated rings. The summed E-state index contributed by atoms with van der Waals surface area (Å²) in [6.07, 6.45) is 0.421. The van der Waals surface area contributed by atoms with Gasteiger partial charge in [-0.15, -0.1) is 23.2 Å². The second-order valence-electron chi connectivity index (χ2n) is 5.47. The van der Waals surface area contributed by atoms with Crippen LogP contribution in [0.4, 0.5) is 5.69 Å². The van der Waals surface area contributed by atoms with Gasteiger partial charge in [-0.2, -0.15) is 0 Å². The van der Waals surface area contributed by atoms with Crippen LogP contribution in [0.1, 0.15) is 18.9 Å². The Kier molecular flexibility index (Phi) is 3.19. The molecule has 20 heavy (non-hydrogen) atoms. The Hall–Kier alpha value is -1.25. The van der Waals surface area contributed by atoms with E-state index in [0.717, 1.165) is 22.0 Å². The molecule has 0 bridgehead atoms. The lowest BCUT2D eigenvalue weighted by Gasteiger charge is -2.23. The van der Waals surface area contributed by atoms with Gasteiger partial charge in [0.05, 0.1) is 11.1 Å². The van der Waals surface area contributed by atoms with Crippen LogP contribution >= 0.6 is 23.2 Å². The van der Waals surface area contributed by atoms with Crippen LogP contribution in [0.2, 0.25) is 0 Å². The van der Waals surface area contributed by atoms with Crippen molar-refractivity contribution in [2.45, 2.75) is 23.6 Å². The zero-order valence-corrected chi connectivity index (χ0v) is 12.9. The Morgan fingerprint density at radius 3 is 2.60 bits per heavy atom. The molecule has 0 aliphatic carbocycles. The number of alkyl halides is 2. The normalized spacial score (nSPS) is 21.9. The van der Waals surface area contributed by atoms with E-state index in [1.165, 1.54) is 0 Å². The SMILES string of the molecule is CN1C(=O)C(C)(CC(Cl)Cl)c2ccc3ccccc3c21. The predicted molar refractivity (Wildman–Crippen MR) is 84.8 cm³/mol. The van der Waals surface area contributed by atoms with Gasteiger partial charge in [0.15, 0.2) is 0 Å². The Balaban J connectivity index is 2.29. The number of fused-ring (bicyclic) bond motifs is 3. The molecule has 0 spiro atoms. The van der Waals surface area contributed by atoms with Crippen molar-refractivity contribution in [3.8, 4) is 0 Å². The molecule has 2 nitrogen and oxygen atoms in total. The fourth-order valence-electron chi connectivity index (χ4n) is 3.15. The minimum absolute atomic E-state index is 0.0511. The lowest BCUT2D eigenvalue weighted by atomic mass is 9.80. The molecule has 1 unspecified atom stereocenters. The van der Waals surface area contributed by atoms with Crippen LogP contribution in [0.25, 0.3) is 10.8 Å². The van der Waals surface area contributed by atoms with Gasteiger partial charge in [-0.1, -0.05) is 36.4 Å². The van der Waals surface area contributed by atoms with E-state index in [-0.39, 0.29) is 5.91 Å². The molecular formula is C16H15Cl2NO. The third-order valence-electron chi connectivity index (χ3n) is 4.17. The summed E-state index contributed by atoms with van der Waals surface area (Å²) < 4.78 is 0. The maximum absolute atomic E-state index is 12.7. The number of nitrogens with zero attached hydrogens (tertiary/aromatic N) is 1. The average molecular weight is 308 g/mol. The van der Waals surface area contributed by atoms with Crippen molar-refractivity contribution in [2.75, 3.05) is 11.9 Å². The monoisotopic (exact) mass is 307 g/mol. The molecule has 104 valence electrons. The molecule has 0 aromatic heterocycles. The predicted octanol–water partition coefficient (Wildman–Crippen LogP) is 4.27. The molecule has 3 rings (SSSR count). The van der Waals surface area contributed by atoms with Crippen LogP contribution in [0.3, 0.4) is 0 Å². The summed E-state index contributed by atoms with van der Waals surface area (Å²) in [6.45, 7) is 1.92. The van der Waals surface area contributed by atoms with Crippen LogP contribution < -0.4 is 4.90 Å². The van der Waals surface area contributed by atoms with Gasteiger partial charge in [-0.3, -0.25) is 4.79 Å². The number of halogens is 2. The minimum atomic E-state index is -0.651. The van der Waals surface area contributed by atoms with E-state index >= 15 is 0 Å². The molecule has 1 aliphatic heterocycles. The molecule has 1 atom stereocenters. The van der Waals surface area contributed by atoms with E-state index in [0.29, 0.717) is 6.42 Å². The molecule has 1 heterocycles. The van der Waals surface area contributed by atoms with Gasteiger partial charge in [-0.25, -0.2) is 0 Å². The average Bonchev–Trinajstić information content (AvgIpc) is 2.60. The minimum Gasteiger partial charge on any atom is -0.314 e. The molecular weight excluding hydrogens is 293 g/mol. The highest BCUT2D eigenvalue weighted by molar-refractivity contribution is 6.44. The number of amides is 1. The second kappa shape index (κ2) is 4.64. The maximum atomic E-state index is 12.7. The van der Waals surface area contributed by atoms with Gasteiger partial charge in [0.1, 0.15) is 4.84 Å². The van der Waals surface area contributed by atoms with Crippen LogP contribution in [-0.4, -0.2) is 17.8 Å². The quantitative estimate of drug-likeness (QED) is 0.759. The molecule has 0 radical (unpaired) electrons. The third-order valence-corrected chi connectivity index (χ3v) is 4.48. The fraction of sp³-hybridized carbons (Fsp3) is 0.312. The smallest absolute Gasteiger partial charge is 0.237 e. The van der Waals surface area contributed by atoms with Crippen LogP contribution in [-0.2, 0) is 10.2 Å². The van der Waals surface area contributed by atoms with Crippen molar-refractivity contribution in [1.29, 1.82) is 0 Å². The van der Waals surface area contributed by atoms with Crippen molar-refractivity contribution in [3.63, 3.8) is 0 Å². The first-order valence-corrected chi connectivity index (χ1v) is 7.41. The van der Waals surface area contributed by atoms with Gasteiger partial charge < -0.3 is 4.90 Å². The van der Waals surface area contributed by atoms with Gasteiger partial charge in [0, 0.05) is 12.4 Å². The van der Waals surface area contributed by atoms with Crippen molar-refractivity contribution in [3.05, 3.63) is 42.0 Å². The number of carbonyl (C=O) groups is 1. The maximum Gasteiger partial charge on any atom is 0.237 e. The van der Waals surface area contributed by atoms with Crippen LogP contribution in [0, 0.1) is 0 Å². The van der Waals surface area contributed by atoms with Crippen molar-refractivity contribution in [2.24, 2.45) is 0 Å². The van der Waals surface area contributed by atoms with Gasteiger partial charge >= 0.3 is 0 Å². The zero-order chi connectivity index (χ0) is 14.5. The summed E-state index contributed by atoms with van der Waals surface area (Å²) in [4.78, 5) is 13.8. The summed E-state index contributed by atoms with van der Waals surface area (Å²) in [7, 11) is 1.82. The molecule has 0 saturated carbocycles. The summed E-state index contributed by atoms with van der Waals surface area (Å²) in [5, 5.41) is 2.22.